The number of aromatic hydroxyl groups is 1. The first-order valence-corrected chi connectivity index (χ1v) is 7.65. The highest BCUT2D eigenvalue weighted by Gasteiger charge is 2.21. The monoisotopic (exact) mass is 331 g/mol. The van der Waals surface area contributed by atoms with Crippen LogP contribution >= 0.6 is 11.3 Å². The second-order valence-corrected chi connectivity index (χ2v) is 5.75. The minimum absolute atomic E-state index is 0.235. The largest absolute Gasteiger partial charge is 0.501 e. The maximum atomic E-state index is 12.3. The second kappa shape index (κ2) is 6.09. The Morgan fingerprint density at radius 3 is 2.91 bits per heavy atom. The van der Waals surface area contributed by atoms with Crippen LogP contribution in [0.5, 0.6) is 5.75 Å². The summed E-state index contributed by atoms with van der Waals surface area (Å²) < 4.78 is 5.20. The topological polar surface area (TPSA) is 108 Å². The summed E-state index contributed by atoms with van der Waals surface area (Å²) in [5.74, 6) is -0.579. The number of thiophene rings is 1. The summed E-state index contributed by atoms with van der Waals surface area (Å²) in [4.78, 5) is 31.4. The third-order valence-corrected chi connectivity index (χ3v) is 4.06. The van der Waals surface area contributed by atoms with Crippen molar-refractivity contribution >= 4 is 17.2 Å². The van der Waals surface area contributed by atoms with E-state index in [9.17, 15) is 14.7 Å². The third kappa shape index (κ3) is 3.02. The van der Waals surface area contributed by atoms with Crippen molar-refractivity contribution < 1.29 is 14.3 Å². The van der Waals surface area contributed by atoms with Crippen molar-refractivity contribution in [1.82, 2.24) is 15.3 Å². The quantitative estimate of drug-likeness (QED) is 0.680. The zero-order chi connectivity index (χ0) is 16.4. The first-order chi connectivity index (χ1) is 11.1. The van der Waals surface area contributed by atoms with Crippen LogP contribution in [0, 0.1) is 0 Å². The molecule has 23 heavy (non-hydrogen) atoms. The molecule has 118 valence electrons. The van der Waals surface area contributed by atoms with Gasteiger partial charge in [0.2, 0.25) is 5.75 Å². The average Bonchev–Trinajstić information content (AvgIpc) is 3.22. The molecule has 0 bridgehead atoms. The Bertz CT molecular complexity index is 869. The zero-order valence-corrected chi connectivity index (χ0v) is 12.9. The SMILES string of the molecule is CC(NC(=O)c1nc(-c2cccs2)[nH]c(=O)c1O)c1ccco1. The van der Waals surface area contributed by atoms with E-state index in [0.717, 1.165) is 0 Å². The molecule has 0 aliphatic heterocycles. The number of carbonyl (C=O) groups excluding carboxylic acids is 1. The second-order valence-electron chi connectivity index (χ2n) is 4.80. The molecule has 3 aromatic heterocycles. The lowest BCUT2D eigenvalue weighted by Crippen LogP contribution is -2.29. The minimum Gasteiger partial charge on any atom is -0.501 e. The van der Waals surface area contributed by atoms with Crippen molar-refractivity contribution in [3.63, 3.8) is 0 Å². The number of nitrogens with one attached hydrogen (secondary N) is 2. The summed E-state index contributed by atoms with van der Waals surface area (Å²) in [6.45, 7) is 1.72. The van der Waals surface area contributed by atoms with Gasteiger partial charge in [-0.1, -0.05) is 6.07 Å². The van der Waals surface area contributed by atoms with Gasteiger partial charge in [0.05, 0.1) is 17.2 Å². The molecule has 0 saturated carbocycles. The molecule has 1 atom stereocenters. The number of nitrogens with zero attached hydrogens (tertiary/aromatic N) is 1. The number of aromatic amines is 1. The molecule has 0 fully saturated rings. The highest BCUT2D eigenvalue weighted by molar-refractivity contribution is 7.13. The van der Waals surface area contributed by atoms with Crippen molar-refractivity contribution in [3.05, 3.63) is 57.7 Å². The van der Waals surface area contributed by atoms with E-state index in [4.69, 9.17) is 4.42 Å². The van der Waals surface area contributed by atoms with Crippen molar-refractivity contribution in [2.24, 2.45) is 0 Å². The first kappa shape index (κ1) is 15.0. The zero-order valence-electron chi connectivity index (χ0n) is 12.1. The molecule has 7 nitrogen and oxygen atoms in total. The van der Waals surface area contributed by atoms with Gasteiger partial charge in [-0.25, -0.2) is 4.98 Å². The molecule has 3 heterocycles. The van der Waals surface area contributed by atoms with Crippen LogP contribution in [0.15, 0.2) is 45.1 Å². The first-order valence-electron chi connectivity index (χ1n) is 6.77. The number of hydrogen-bond acceptors (Lipinski definition) is 6. The van der Waals surface area contributed by atoms with Gasteiger partial charge >= 0.3 is 0 Å². The van der Waals surface area contributed by atoms with E-state index in [1.54, 1.807) is 31.2 Å². The van der Waals surface area contributed by atoms with Crippen LogP contribution in [0.2, 0.25) is 0 Å². The molecular formula is C15H13N3O4S. The molecule has 1 amide bonds. The van der Waals surface area contributed by atoms with E-state index in [1.165, 1.54) is 17.6 Å². The number of aromatic nitrogens is 2. The molecular weight excluding hydrogens is 318 g/mol. The van der Waals surface area contributed by atoms with Gasteiger partial charge in [-0.2, -0.15) is 0 Å². The van der Waals surface area contributed by atoms with Crippen molar-refractivity contribution in [1.29, 1.82) is 0 Å². The maximum Gasteiger partial charge on any atom is 0.294 e. The Hall–Kier alpha value is -2.87. The molecule has 0 radical (unpaired) electrons. The Morgan fingerprint density at radius 1 is 1.43 bits per heavy atom. The summed E-state index contributed by atoms with van der Waals surface area (Å²) in [6.07, 6.45) is 1.50. The number of H-pyrrole nitrogens is 1. The average molecular weight is 331 g/mol. The van der Waals surface area contributed by atoms with Crippen LogP contribution in [0.1, 0.15) is 29.2 Å². The van der Waals surface area contributed by atoms with Gasteiger partial charge in [0.25, 0.3) is 11.5 Å². The smallest absolute Gasteiger partial charge is 0.294 e. The highest BCUT2D eigenvalue weighted by Crippen LogP contribution is 2.22. The lowest BCUT2D eigenvalue weighted by Gasteiger charge is -2.12. The third-order valence-electron chi connectivity index (χ3n) is 3.18. The maximum absolute atomic E-state index is 12.3. The Kier molecular flexibility index (Phi) is 3.98. The number of hydrogen-bond donors (Lipinski definition) is 3. The van der Waals surface area contributed by atoms with Gasteiger partial charge in [-0.05, 0) is 30.5 Å². The normalized spacial score (nSPS) is 12.0. The van der Waals surface area contributed by atoms with E-state index in [0.29, 0.717) is 10.6 Å². The standard InChI is InChI=1S/C15H13N3O4S/c1-8(9-4-2-6-22-9)16-14(20)11-12(19)15(21)18-13(17-11)10-5-3-7-23-10/h2-8,19H,1H3,(H,16,20)(H,17,18,21). The molecule has 3 rings (SSSR count). The number of rotatable bonds is 4. The van der Waals surface area contributed by atoms with Crippen molar-refractivity contribution in [2.75, 3.05) is 0 Å². The Labute approximate surface area is 134 Å². The van der Waals surface area contributed by atoms with Gasteiger partial charge in [-0.15, -0.1) is 11.3 Å². The summed E-state index contributed by atoms with van der Waals surface area (Å²) in [7, 11) is 0. The van der Waals surface area contributed by atoms with Gasteiger partial charge in [0, 0.05) is 0 Å². The van der Waals surface area contributed by atoms with Crippen molar-refractivity contribution in [3.8, 4) is 16.5 Å². The molecule has 3 N–H and O–H groups in total. The van der Waals surface area contributed by atoms with E-state index in [2.05, 4.69) is 15.3 Å². The summed E-state index contributed by atoms with van der Waals surface area (Å²) in [5, 5.41) is 14.3. The Morgan fingerprint density at radius 2 is 2.26 bits per heavy atom. The Balaban J connectivity index is 1.92. The molecule has 0 spiro atoms. The van der Waals surface area contributed by atoms with Crippen LogP contribution in [-0.2, 0) is 0 Å². The lowest BCUT2D eigenvalue weighted by molar-refractivity contribution is 0.0927. The van der Waals surface area contributed by atoms with Crippen LogP contribution in [0.25, 0.3) is 10.7 Å². The lowest BCUT2D eigenvalue weighted by atomic mass is 10.2. The summed E-state index contributed by atoms with van der Waals surface area (Å²) in [5.41, 5.74) is -1.09. The highest BCUT2D eigenvalue weighted by atomic mass is 32.1. The van der Waals surface area contributed by atoms with Gasteiger partial charge in [-0.3, -0.25) is 9.59 Å². The predicted octanol–water partition coefficient (Wildman–Crippen LogP) is 2.29. The fourth-order valence-electron chi connectivity index (χ4n) is 2.03. The van der Waals surface area contributed by atoms with E-state index in [-0.39, 0.29) is 11.5 Å². The fourth-order valence-corrected chi connectivity index (χ4v) is 2.70. The van der Waals surface area contributed by atoms with Crippen LogP contribution in [-0.4, -0.2) is 21.0 Å². The van der Waals surface area contributed by atoms with Gasteiger partial charge in [0.1, 0.15) is 5.76 Å². The van der Waals surface area contributed by atoms with E-state index >= 15 is 0 Å². The summed E-state index contributed by atoms with van der Waals surface area (Å²) >= 11 is 1.36. The van der Waals surface area contributed by atoms with Crippen molar-refractivity contribution in [2.45, 2.75) is 13.0 Å². The predicted molar refractivity (Wildman–Crippen MR) is 84.4 cm³/mol. The van der Waals surface area contributed by atoms with Gasteiger partial charge < -0.3 is 19.8 Å². The molecule has 1 unspecified atom stereocenters. The van der Waals surface area contributed by atoms with E-state index < -0.39 is 23.3 Å². The summed E-state index contributed by atoms with van der Waals surface area (Å²) in [6, 6.07) is 6.55. The molecule has 0 aromatic carbocycles. The van der Waals surface area contributed by atoms with Gasteiger partial charge in [0.15, 0.2) is 11.5 Å². The molecule has 0 saturated heterocycles. The molecule has 0 aliphatic carbocycles. The number of carbonyl (C=O) groups is 1. The van der Waals surface area contributed by atoms with E-state index in [1.807, 2.05) is 5.38 Å². The van der Waals surface area contributed by atoms with Crippen LogP contribution < -0.4 is 10.9 Å². The molecule has 0 aliphatic rings. The number of amides is 1. The number of furan rings is 1. The van der Waals surface area contributed by atoms with Crippen LogP contribution in [0.4, 0.5) is 0 Å². The fraction of sp³-hybridized carbons (Fsp3) is 0.133. The molecule has 8 heteroatoms. The minimum atomic E-state index is -0.765. The molecule has 3 aromatic rings. The van der Waals surface area contributed by atoms with Crippen LogP contribution in [0.3, 0.4) is 0 Å².